The Bertz CT molecular complexity index is 635. The van der Waals surface area contributed by atoms with Gasteiger partial charge < -0.3 is 19.6 Å². The van der Waals surface area contributed by atoms with Crippen molar-refractivity contribution in [3.63, 3.8) is 0 Å². The molecule has 2 N–H and O–H groups in total. The molecular formula is C18H23NO4. The molecule has 0 radical (unpaired) electrons. The molecule has 23 heavy (non-hydrogen) atoms. The van der Waals surface area contributed by atoms with Gasteiger partial charge in [-0.1, -0.05) is 12.1 Å². The number of furan rings is 1. The third-order valence-electron chi connectivity index (χ3n) is 3.36. The molecule has 5 nitrogen and oxygen atoms in total. The Morgan fingerprint density at radius 2 is 2.13 bits per heavy atom. The van der Waals surface area contributed by atoms with Crippen LogP contribution in [0.4, 0.5) is 0 Å². The maximum Gasteiger partial charge on any atom is 0.220 e. The van der Waals surface area contributed by atoms with Crippen molar-refractivity contribution in [3.8, 4) is 5.75 Å². The summed E-state index contributed by atoms with van der Waals surface area (Å²) in [5.74, 6) is 2.22. The molecule has 2 aromatic rings. The van der Waals surface area contributed by atoms with Gasteiger partial charge in [0.2, 0.25) is 5.91 Å². The van der Waals surface area contributed by atoms with Gasteiger partial charge >= 0.3 is 0 Å². The minimum Gasteiger partial charge on any atom is -0.491 e. The summed E-state index contributed by atoms with van der Waals surface area (Å²) in [7, 11) is 0. The lowest BCUT2D eigenvalue weighted by atomic mass is 10.2. The van der Waals surface area contributed by atoms with E-state index in [0.717, 1.165) is 17.1 Å². The van der Waals surface area contributed by atoms with Crippen molar-refractivity contribution < 1.29 is 19.1 Å². The molecule has 0 aliphatic rings. The van der Waals surface area contributed by atoms with E-state index in [1.54, 1.807) is 0 Å². The van der Waals surface area contributed by atoms with Crippen LogP contribution in [-0.2, 0) is 11.2 Å². The van der Waals surface area contributed by atoms with Crippen molar-refractivity contribution >= 4 is 5.91 Å². The molecule has 0 aliphatic heterocycles. The van der Waals surface area contributed by atoms with Crippen molar-refractivity contribution in [2.75, 3.05) is 13.2 Å². The largest absolute Gasteiger partial charge is 0.491 e. The van der Waals surface area contributed by atoms with Crippen molar-refractivity contribution in [1.82, 2.24) is 5.32 Å². The van der Waals surface area contributed by atoms with Crippen LogP contribution in [0.5, 0.6) is 5.75 Å². The van der Waals surface area contributed by atoms with Crippen molar-refractivity contribution in [2.24, 2.45) is 0 Å². The molecule has 0 fully saturated rings. The first-order chi connectivity index (χ1) is 11.0. The molecule has 1 atom stereocenters. The highest BCUT2D eigenvalue weighted by atomic mass is 16.5. The molecule has 1 heterocycles. The fourth-order valence-electron chi connectivity index (χ4n) is 2.13. The number of ether oxygens (including phenoxy) is 1. The van der Waals surface area contributed by atoms with Crippen LogP contribution >= 0.6 is 0 Å². The second-order valence-electron chi connectivity index (χ2n) is 5.60. The lowest BCUT2D eigenvalue weighted by Crippen LogP contribution is -2.35. The molecule has 0 saturated carbocycles. The Morgan fingerprint density at radius 1 is 1.30 bits per heavy atom. The first-order valence-electron chi connectivity index (χ1n) is 7.72. The van der Waals surface area contributed by atoms with Crippen LogP contribution in [0.25, 0.3) is 0 Å². The maximum atomic E-state index is 11.7. The van der Waals surface area contributed by atoms with Crippen LogP contribution in [0.2, 0.25) is 0 Å². The van der Waals surface area contributed by atoms with Gasteiger partial charge in [0.15, 0.2) is 0 Å². The molecule has 2 rings (SSSR count). The van der Waals surface area contributed by atoms with Crippen molar-refractivity contribution in [2.45, 2.75) is 32.8 Å². The Hall–Kier alpha value is -2.27. The van der Waals surface area contributed by atoms with Gasteiger partial charge in [0.1, 0.15) is 30.0 Å². The van der Waals surface area contributed by atoms with Gasteiger partial charge in [-0.05, 0) is 43.7 Å². The molecule has 124 valence electrons. The first-order valence-corrected chi connectivity index (χ1v) is 7.72. The van der Waals surface area contributed by atoms with E-state index in [1.165, 1.54) is 0 Å². The second kappa shape index (κ2) is 8.39. The van der Waals surface area contributed by atoms with Crippen molar-refractivity contribution in [1.29, 1.82) is 0 Å². The Morgan fingerprint density at radius 3 is 2.83 bits per heavy atom. The number of carbonyl (C=O) groups excluding carboxylic acids is 1. The van der Waals surface area contributed by atoms with E-state index in [9.17, 15) is 9.90 Å². The second-order valence-corrected chi connectivity index (χ2v) is 5.60. The highest BCUT2D eigenvalue weighted by Crippen LogP contribution is 2.12. The van der Waals surface area contributed by atoms with Gasteiger partial charge in [0.25, 0.3) is 0 Å². The highest BCUT2D eigenvalue weighted by Gasteiger charge is 2.09. The number of hydrogen-bond donors (Lipinski definition) is 2. The SMILES string of the molecule is Cc1cccc(OCC(O)CNC(=O)CCc2ccc(C)o2)c1. The number of aliphatic hydroxyl groups is 1. The van der Waals surface area contributed by atoms with Crippen LogP contribution < -0.4 is 10.1 Å². The van der Waals surface area contributed by atoms with Gasteiger partial charge in [-0.15, -0.1) is 0 Å². The normalized spacial score (nSPS) is 12.0. The molecule has 1 unspecified atom stereocenters. The number of aliphatic hydroxyl groups excluding tert-OH is 1. The number of amides is 1. The van der Waals surface area contributed by atoms with Gasteiger partial charge in [-0.3, -0.25) is 4.79 Å². The number of carbonyl (C=O) groups is 1. The lowest BCUT2D eigenvalue weighted by molar-refractivity contribution is -0.121. The quantitative estimate of drug-likeness (QED) is 0.784. The molecule has 5 heteroatoms. The molecular weight excluding hydrogens is 294 g/mol. The van der Waals surface area contributed by atoms with Gasteiger partial charge in [0.05, 0.1) is 0 Å². The third-order valence-corrected chi connectivity index (χ3v) is 3.36. The zero-order valence-corrected chi connectivity index (χ0v) is 13.5. The Labute approximate surface area is 136 Å². The van der Waals surface area contributed by atoms with Crippen LogP contribution in [0.3, 0.4) is 0 Å². The summed E-state index contributed by atoms with van der Waals surface area (Å²) in [6, 6.07) is 11.4. The van der Waals surface area contributed by atoms with Crippen LogP contribution in [-0.4, -0.2) is 30.3 Å². The fraction of sp³-hybridized carbons (Fsp3) is 0.389. The van der Waals surface area contributed by atoms with Crippen LogP contribution in [0.1, 0.15) is 23.5 Å². The smallest absolute Gasteiger partial charge is 0.220 e. The van der Waals surface area contributed by atoms with E-state index in [0.29, 0.717) is 18.6 Å². The zero-order chi connectivity index (χ0) is 16.7. The van der Waals surface area contributed by atoms with Crippen LogP contribution in [0, 0.1) is 13.8 Å². The summed E-state index contributed by atoms with van der Waals surface area (Å²) in [5, 5.41) is 12.6. The predicted molar refractivity (Wildman–Crippen MR) is 87.5 cm³/mol. The predicted octanol–water partition coefficient (Wildman–Crippen LogP) is 2.39. The van der Waals surface area contributed by atoms with E-state index in [1.807, 2.05) is 50.2 Å². The number of rotatable bonds is 8. The zero-order valence-electron chi connectivity index (χ0n) is 13.5. The Kier molecular flexibility index (Phi) is 6.23. The molecule has 1 amide bonds. The van der Waals surface area contributed by atoms with Gasteiger partial charge in [-0.25, -0.2) is 0 Å². The fourth-order valence-corrected chi connectivity index (χ4v) is 2.13. The van der Waals surface area contributed by atoms with Crippen molar-refractivity contribution in [3.05, 3.63) is 53.5 Å². The van der Waals surface area contributed by atoms with E-state index >= 15 is 0 Å². The first kappa shape index (κ1) is 17.1. The average molecular weight is 317 g/mol. The molecule has 0 bridgehead atoms. The molecule has 0 spiro atoms. The summed E-state index contributed by atoms with van der Waals surface area (Å²) >= 11 is 0. The Balaban J connectivity index is 1.63. The lowest BCUT2D eigenvalue weighted by Gasteiger charge is -2.13. The highest BCUT2D eigenvalue weighted by molar-refractivity contribution is 5.76. The standard InChI is InChI=1S/C18H23NO4/c1-13-4-3-5-17(10-13)22-12-15(20)11-19-18(21)9-8-16-7-6-14(2)23-16/h3-7,10,15,20H,8-9,11-12H2,1-2H3,(H,19,21). The summed E-state index contributed by atoms with van der Waals surface area (Å²) < 4.78 is 10.9. The molecule has 0 aliphatic carbocycles. The number of aryl methyl sites for hydroxylation is 3. The van der Waals surface area contributed by atoms with E-state index < -0.39 is 6.10 Å². The van der Waals surface area contributed by atoms with E-state index in [4.69, 9.17) is 9.15 Å². The molecule has 0 saturated heterocycles. The van der Waals surface area contributed by atoms with E-state index in [2.05, 4.69) is 5.32 Å². The number of nitrogens with one attached hydrogen (secondary N) is 1. The minimum atomic E-state index is -0.745. The maximum absolute atomic E-state index is 11.7. The summed E-state index contributed by atoms with van der Waals surface area (Å²) in [5.41, 5.74) is 1.10. The summed E-state index contributed by atoms with van der Waals surface area (Å²) in [6.45, 7) is 4.15. The number of benzene rings is 1. The number of hydrogen-bond acceptors (Lipinski definition) is 4. The van der Waals surface area contributed by atoms with E-state index in [-0.39, 0.29) is 19.1 Å². The van der Waals surface area contributed by atoms with Gasteiger partial charge in [-0.2, -0.15) is 0 Å². The van der Waals surface area contributed by atoms with Crippen LogP contribution in [0.15, 0.2) is 40.8 Å². The van der Waals surface area contributed by atoms with Gasteiger partial charge in [0, 0.05) is 19.4 Å². The topological polar surface area (TPSA) is 71.7 Å². The molecule has 1 aromatic carbocycles. The third kappa shape index (κ3) is 6.16. The average Bonchev–Trinajstić information content (AvgIpc) is 2.94. The summed E-state index contributed by atoms with van der Waals surface area (Å²) in [6.07, 6.45) is 0.138. The molecule has 1 aromatic heterocycles. The summed E-state index contributed by atoms with van der Waals surface area (Å²) in [4.78, 5) is 11.7. The monoisotopic (exact) mass is 317 g/mol. The minimum absolute atomic E-state index is 0.117.